The molecule has 2 rings (SSSR count). The molecule has 0 heterocycles. The molecular weight excluding hydrogens is 404 g/mol. The van der Waals surface area contributed by atoms with Crippen LogP contribution in [0.25, 0.3) is 0 Å². The van der Waals surface area contributed by atoms with Crippen LogP contribution >= 0.6 is 0 Å². The molecule has 0 aliphatic rings. The van der Waals surface area contributed by atoms with Crippen molar-refractivity contribution in [3.8, 4) is 5.75 Å². The Labute approximate surface area is 158 Å². The van der Waals surface area contributed by atoms with Crippen LogP contribution in [0.5, 0.6) is 5.75 Å². The number of amides is 1. The number of benzene rings is 2. The SMILES string of the molecule is CN(Cc1ccccc1F)C(=O)CNS(=O)(=O)c1ccc(OC(F)(F)F)cc1. The Hall–Kier alpha value is -2.66. The fourth-order valence-electron chi connectivity index (χ4n) is 2.17. The zero-order chi connectivity index (χ0) is 20.9. The molecule has 6 nitrogen and oxygen atoms in total. The number of carbonyl (C=O) groups excluding carboxylic acids is 1. The van der Waals surface area contributed by atoms with Gasteiger partial charge < -0.3 is 9.64 Å². The van der Waals surface area contributed by atoms with E-state index in [0.717, 1.165) is 29.2 Å². The highest BCUT2D eigenvalue weighted by Gasteiger charge is 2.31. The van der Waals surface area contributed by atoms with Crippen molar-refractivity contribution in [2.24, 2.45) is 0 Å². The molecule has 152 valence electrons. The summed E-state index contributed by atoms with van der Waals surface area (Å²) in [6.07, 6.45) is -4.89. The lowest BCUT2D eigenvalue weighted by Crippen LogP contribution is -2.37. The van der Waals surface area contributed by atoms with E-state index in [2.05, 4.69) is 4.74 Å². The van der Waals surface area contributed by atoms with E-state index in [1.54, 1.807) is 6.07 Å². The van der Waals surface area contributed by atoms with Crippen molar-refractivity contribution in [3.63, 3.8) is 0 Å². The number of halogens is 4. The van der Waals surface area contributed by atoms with Crippen LogP contribution in [0.1, 0.15) is 5.56 Å². The van der Waals surface area contributed by atoms with E-state index in [1.807, 2.05) is 4.72 Å². The lowest BCUT2D eigenvalue weighted by Gasteiger charge is -2.18. The number of alkyl halides is 3. The standard InChI is InChI=1S/C17H16F4N2O4S/c1-23(11-12-4-2-3-5-15(12)18)16(24)10-22-28(25,26)14-8-6-13(7-9-14)27-17(19,20)21/h2-9,22H,10-11H2,1H3. The first-order valence-corrected chi connectivity index (χ1v) is 9.29. The summed E-state index contributed by atoms with van der Waals surface area (Å²) in [7, 11) is -2.76. The van der Waals surface area contributed by atoms with Crippen LogP contribution in [0.2, 0.25) is 0 Å². The summed E-state index contributed by atoms with van der Waals surface area (Å²) in [6, 6.07) is 9.35. The van der Waals surface area contributed by atoms with Gasteiger partial charge in [-0.15, -0.1) is 13.2 Å². The molecule has 0 unspecified atom stereocenters. The second kappa shape index (κ2) is 8.57. The molecule has 0 saturated carbocycles. The zero-order valence-corrected chi connectivity index (χ0v) is 15.3. The second-order valence-corrected chi connectivity index (χ2v) is 7.45. The van der Waals surface area contributed by atoms with Crippen molar-refractivity contribution in [3.05, 3.63) is 59.9 Å². The molecule has 0 aliphatic carbocycles. The first-order chi connectivity index (χ1) is 13.0. The monoisotopic (exact) mass is 420 g/mol. The Morgan fingerprint density at radius 3 is 2.29 bits per heavy atom. The Morgan fingerprint density at radius 2 is 1.71 bits per heavy atom. The van der Waals surface area contributed by atoms with Gasteiger partial charge in [-0.3, -0.25) is 4.79 Å². The lowest BCUT2D eigenvalue weighted by atomic mass is 10.2. The van der Waals surface area contributed by atoms with Gasteiger partial charge in [-0.1, -0.05) is 18.2 Å². The number of likely N-dealkylation sites (N-methyl/N-ethyl adjacent to an activating group) is 1. The van der Waals surface area contributed by atoms with E-state index in [-0.39, 0.29) is 17.0 Å². The van der Waals surface area contributed by atoms with Crippen molar-refractivity contribution in [1.82, 2.24) is 9.62 Å². The van der Waals surface area contributed by atoms with E-state index in [0.29, 0.717) is 0 Å². The van der Waals surface area contributed by atoms with Crippen molar-refractivity contribution in [1.29, 1.82) is 0 Å². The number of nitrogens with zero attached hydrogens (tertiary/aromatic N) is 1. The number of ether oxygens (including phenoxy) is 1. The van der Waals surface area contributed by atoms with E-state index in [9.17, 15) is 30.8 Å². The van der Waals surface area contributed by atoms with E-state index < -0.39 is 40.4 Å². The third-order valence-electron chi connectivity index (χ3n) is 3.57. The van der Waals surface area contributed by atoms with Crippen LogP contribution in [0, 0.1) is 5.82 Å². The number of sulfonamides is 1. The number of hydrogen-bond donors (Lipinski definition) is 1. The average Bonchev–Trinajstić information content (AvgIpc) is 2.60. The summed E-state index contributed by atoms with van der Waals surface area (Å²) in [6.45, 7) is -0.662. The fraction of sp³-hybridized carbons (Fsp3) is 0.235. The van der Waals surface area contributed by atoms with E-state index >= 15 is 0 Å². The first kappa shape index (κ1) is 21.6. The average molecular weight is 420 g/mol. The zero-order valence-electron chi connectivity index (χ0n) is 14.5. The molecule has 2 aromatic rings. The van der Waals surface area contributed by atoms with Crippen LogP contribution in [0.15, 0.2) is 53.4 Å². The van der Waals surface area contributed by atoms with Gasteiger partial charge in [0.05, 0.1) is 11.4 Å². The molecule has 0 bridgehead atoms. The topological polar surface area (TPSA) is 75.7 Å². The van der Waals surface area contributed by atoms with Gasteiger partial charge in [0.1, 0.15) is 11.6 Å². The predicted molar refractivity (Wildman–Crippen MR) is 91.2 cm³/mol. The largest absolute Gasteiger partial charge is 0.573 e. The van der Waals surface area contributed by atoms with Crippen molar-refractivity contribution < 1.29 is 35.5 Å². The van der Waals surface area contributed by atoms with Crippen molar-refractivity contribution in [2.45, 2.75) is 17.8 Å². The van der Waals surface area contributed by atoms with Gasteiger partial charge in [0.2, 0.25) is 15.9 Å². The second-order valence-electron chi connectivity index (χ2n) is 5.68. The number of carbonyl (C=O) groups is 1. The minimum absolute atomic E-state index is 0.0588. The van der Waals surface area contributed by atoms with Gasteiger partial charge in [0.15, 0.2) is 0 Å². The van der Waals surface area contributed by atoms with E-state index in [1.165, 1.54) is 25.2 Å². The third-order valence-corrected chi connectivity index (χ3v) is 4.99. The molecule has 11 heteroatoms. The predicted octanol–water partition coefficient (Wildman–Crippen LogP) is 2.66. The molecule has 0 fully saturated rings. The van der Waals surface area contributed by atoms with Gasteiger partial charge in [-0.2, -0.15) is 0 Å². The van der Waals surface area contributed by atoms with Gasteiger partial charge in [0.25, 0.3) is 0 Å². The molecule has 0 atom stereocenters. The van der Waals surface area contributed by atoms with Gasteiger partial charge >= 0.3 is 6.36 Å². The van der Waals surface area contributed by atoms with Crippen molar-refractivity contribution >= 4 is 15.9 Å². The molecule has 28 heavy (non-hydrogen) atoms. The summed E-state index contributed by atoms with van der Waals surface area (Å²) >= 11 is 0. The summed E-state index contributed by atoms with van der Waals surface area (Å²) in [5.74, 6) is -1.69. The molecule has 0 aliphatic heterocycles. The van der Waals surface area contributed by atoms with Gasteiger partial charge in [0, 0.05) is 19.2 Å². The highest BCUT2D eigenvalue weighted by Crippen LogP contribution is 2.23. The summed E-state index contributed by atoms with van der Waals surface area (Å²) in [5, 5.41) is 0. The van der Waals surface area contributed by atoms with E-state index in [4.69, 9.17) is 0 Å². The fourth-order valence-corrected chi connectivity index (χ4v) is 3.14. The Bertz CT molecular complexity index is 931. The highest BCUT2D eigenvalue weighted by atomic mass is 32.2. The van der Waals surface area contributed by atoms with Crippen molar-refractivity contribution in [2.75, 3.05) is 13.6 Å². The number of nitrogens with one attached hydrogen (secondary N) is 1. The Morgan fingerprint density at radius 1 is 1.11 bits per heavy atom. The lowest BCUT2D eigenvalue weighted by molar-refractivity contribution is -0.274. The minimum atomic E-state index is -4.89. The molecular formula is C17H16F4N2O4S. The molecule has 1 N–H and O–H groups in total. The third kappa shape index (κ3) is 6.20. The minimum Gasteiger partial charge on any atom is -0.406 e. The van der Waals surface area contributed by atoms with Gasteiger partial charge in [-0.25, -0.2) is 17.5 Å². The Kier molecular flexibility index (Phi) is 6.62. The van der Waals surface area contributed by atoms with Crippen LogP contribution in [-0.4, -0.2) is 39.2 Å². The smallest absolute Gasteiger partial charge is 0.406 e. The maximum absolute atomic E-state index is 13.6. The maximum atomic E-state index is 13.6. The van der Waals surface area contributed by atoms with Crippen LogP contribution in [0.4, 0.5) is 17.6 Å². The molecule has 0 spiro atoms. The summed E-state index contributed by atoms with van der Waals surface area (Å²) in [4.78, 5) is 12.9. The van der Waals surface area contributed by atoms with Crippen LogP contribution < -0.4 is 9.46 Å². The number of rotatable bonds is 7. The molecule has 2 aromatic carbocycles. The molecule has 1 amide bonds. The van der Waals surface area contributed by atoms with Crippen LogP contribution in [0.3, 0.4) is 0 Å². The first-order valence-electron chi connectivity index (χ1n) is 7.81. The number of hydrogen-bond acceptors (Lipinski definition) is 4. The summed E-state index contributed by atoms with van der Waals surface area (Å²) < 4.78 is 80.0. The maximum Gasteiger partial charge on any atom is 0.573 e. The molecule has 0 radical (unpaired) electrons. The molecule has 0 saturated heterocycles. The van der Waals surface area contributed by atoms with Crippen LogP contribution in [-0.2, 0) is 21.4 Å². The normalized spacial score (nSPS) is 11.9. The summed E-state index contributed by atoms with van der Waals surface area (Å²) in [5.41, 5.74) is 0.265. The van der Waals surface area contributed by atoms with Gasteiger partial charge in [-0.05, 0) is 30.3 Å². The quantitative estimate of drug-likeness (QED) is 0.699. The highest BCUT2D eigenvalue weighted by molar-refractivity contribution is 7.89. The molecule has 0 aromatic heterocycles. The Balaban J connectivity index is 1.96.